The van der Waals surface area contributed by atoms with Crippen molar-refractivity contribution in [3.8, 4) is 0 Å². The zero-order chi connectivity index (χ0) is 16.4. The van der Waals surface area contributed by atoms with Crippen molar-refractivity contribution in [3.05, 3.63) is 40.6 Å². The molecular formula is C15H17FN4O2S. The molecule has 1 amide bonds. The third-order valence-corrected chi connectivity index (χ3v) is 4.96. The lowest BCUT2D eigenvalue weighted by Crippen LogP contribution is -2.29. The van der Waals surface area contributed by atoms with E-state index in [1.165, 1.54) is 27.3 Å². The minimum atomic E-state index is -0.408. The summed E-state index contributed by atoms with van der Waals surface area (Å²) in [6, 6.07) is 6.25. The van der Waals surface area contributed by atoms with Gasteiger partial charge in [-0.05, 0) is 25.0 Å². The largest absolute Gasteiger partial charge is 0.343 e. The van der Waals surface area contributed by atoms with E-state index >= 15 is 0 Å². The first-order valence-electron chi connectivity index (χ1n) is 7.49. The Morgan fingerprint density at radius 3 is 2.91 bits per heavy atom. The summed E-state index contributed by atoms with van der Waals surface area (Å²) in [4.78, 5) is 25.7. The summed E-state index contributed by atoms with van der Waals surface area (Å²) in [6.45, 7) is 2.98. The lowest BCUT2D eigenvalue weighted by Gasteiger charge is -2.17. The van der Waals surface area contributed by atoms with E-state index in [1.807, 2.05) is 6.92 Å². The topological polar surface area (TPSA) is 71.0 Å². The lowest BCUT2D eigenvalue weighted by molar-refractivity contribution is -0.116. The van der Waals surface area contributed by atoms with E-state index in [4.69, 9.17) is 0 Å². The number of halogens is 1. The number of anilines is 1. The fourth-order valence-corrected chi connectivity index (χ4v) is 3.72. The highest BCUT2D eigenvalue weighted by Crippen LogP contribution is 2.32. The molecule has 1 aliphatic heterocycles. The number of H-pyrrole nitrogens is 1. The molecule has 3 rings (SSSR count). The van der Waals surface area contributed by atoms with Gasteiger partial charge in [-0.15, -0.1) is 5.10 Å². The van der Waals surface area contributed by atoms with E-state index in [9.17, 15) is 14.0 Å². The molecule has 1 fully saturated rings. The van der Waals surface area contributed by atoms with Crippen molar-refractivity contribution in [2.45, 2.75) is 36.7 Å². The molecule has 2 aromatic rings. The zero-order valence-electron chi connectivity index (χ0n) is 12.7. The number of aromatic nitrogens is 3. The van der Waals surface area contributed by atoms with Gasteiger partial charge in [-0.1, -0.05) is 30.8 Å². The Bertz CT molecular complexity index is 773. The molecule has 1 aromatic carbocycles. The number of rotatable bonds is 5. The van der Waals surface area contributed by atoms with Crippen molar-refractivity contribution < 1.29 is 9.18 Å². The summed E-state index contributed by atoms with van der Waals surface area (Å²) in [5, 5.41) is 6.55. The maximum Gasteiger partial charge on any atom is 0.343 e. The molecule has 0 unspecified atom stereocenters. The third-order valence-electron chi connectivity index (χ3n) is 3.72. The van der Waals surface area contributed by atoms with Crippen molar-refractivity contribution in [2.75, 3.05) is 11.4 Å². The third kappa shape index (κ3) is 3.03. The highest BCUT2D eigenvalue weighted by molar-refractivity contribution is 8.00. The Kier molecular flexibility index (Phi) is 4.51. The van der Waals surface area contributed by atoms with Crippen molar-refractivity contribution in [2.24, 2.45) is 0 Å². The number of nitrogens with one attached hydrogen (secondary N) is 1. The number of aromatic amines is 1. The summed E-state index contributed by atoms with van der Waals surface area (Å²) >= 11 is 1.26. The normalized spacial score (nSPS) is 17.9. The van der Waals surface area contributed by atoms with Crippen LogP contribution >= 0.6 is 11.8 Å². The number of para-hydroxylation sites is 1. The fourth-order valence-electron chi connectivity index (χ4n) is 2.61. The lowest BCUT2D eigenvalue weighted by atomic mass is 10.3. The summed E-state index contributed by atoms with van der Waals surface area (Å²) in [5.74, 6) is -0.562. The van der Waals surface area contributed by atoms with Gasteiger partial charge in [-0.25, -0.2) is 14.3 Å². The van der Waals surface area contributed by atoms with Gasteiger partial charge in [-0.2, -0.15) is 0 Å². The Labute approximate surface area is 136 Å². The van der Waals surface area contributed by atoms with Crippen LogP contribution in [0.2, 0.25) is 0 Å². The molecular weight excluding hydrogens is 319 g/mol. The number of hydrogen-bond donors (Lipinski definition) is 1. The zero-order valence-corrected chi connectivity index (χ0v) is 13.5. The van der Waals surface area contributed by atoms with Crippen LogP contribution in [0.25, 0.3) is 0 Å². The van der Waals surface area contributed by atoms with Crippen molar-refractivity contribution in [1.82, 2.24) is 14.8 Å². The minimum absolute atomic E-state index is 0.154. The van der Waals surface area contributed by atoms with Crippen LogP contribution in [0.15, 0.2) is 34.2 Å². The van der Waals surface area contributed by atoms with Gasteiger partial charge >= 0.3 is 5.69 Å². The standard InChI is InChI=1S/C15H17FN4O2S/c1-2-8-20-14(22)17-18-15(20)23-12-7-9-19(13(12)21)11-6-4-3-5-10(11)16/h3-6,12H,2,7-9H2,1H3,(H,17,22)/t12-/m1/s1. The molecule has 23 heavy (non-hydrogen) atoms. The summed E-state index contributed by atoms with van der Waals surface area (Å²) in [7, 11) is 0. The summed E-state index contributed by atoms with van der Waals surface area (Å²) in [6.07, 6.45) is 1.39. The molecule has 8 heteroatoms. The number of benzene rings is 1. The Balaban J connectivity index is 1.78. The van der Waals surface area contributed by atoms with Gasteiger partial charge in [0.15, 0.2) is 5.16 Å². The van der Waals surface area contributed by atoms with Crippen LogP contribution in [-0.2, 0) is 11.3 Å². The molecule has 1 aliphatic rings. The second kappa shape index (κ2) is 6.57. The maximum absolute atomic E-state index is 13.9. The van der Waals surface area contributed by atoms with Gasteiger partial charge in [0.1, 0.15) is 5.82 Å². The van der Waals surface area contributed by atoms with Crippen LogP contribution < -0.4 is 10.6 Å². The highest BCUT2D eigenvalue weighted by Gasteiger charge is 2.35. The Hall–Kier alpha value is -2.09. The van der Waals surface area contributed by atoms with Gasteiger partial charge < -0.3 is 4.90 Å². The number of nitrogens with zero attached hydrogens (tertiary/aromatic N) is 3. The molecule has 1 saturated heterocycles. The van der Waals surface area contributed by atoms with Crippen LogP contribution in [0, 0.1) is 5.82 Å². The van der Waals surface area contributed by atoms with E-state index in [0.717, 1.165) is 6.42 Å². The second-order valence-electron chi connectivity index (χ2n) is 5.30. The molecule has 0 spiro atoms. The quantitative estimate of drug-likeness (QED) is 0.907. The Morgan fingerprint density at radius 1 is 1.39 bits per heavy atom. The van der Waals surface area contributed by atoms with E-state index in [1.54, 1.807) is 18.2 Å². The predicted octanol–water partition coefficient (Wildman–Crippen LogP) is 2.02. The van der Waals surface area contributed by atoms with E-state index in [-0.39, 0.29) is 16.8 Å². The number of carbonyl (C=O) groups excluding carboxylic acids is 1. The van der Waals surface area contributed by atoms with Crippen LogP contribution in [0.3, 0.4) is 0 Å². The molecule has 0 aliphatic carbocycles. The van der Waals surface area contributed by atoms with Gasteiger partial charge in [-0.3, -0.25) is 9.36 Å². The summed E-state index contributed by atoms with van der Waals surface area (Å²) in [5.41, 5.74) is 0.0272. The molecule has 0 radical (unpaired) electrons. The van der Waals surface area contributed by atoms with Gasteiger partial charge in [0.25, 0.3) is 0 Å². The van der Waals surface area contributed by atoms with Gasteiger partial charge in [0, 0.05) is 13.1 Å². The van der Waals surface area contributed by atoms with Crippen molar-refractivity contribution >= 4 is 23.4 Å². The maximum atomic E-state index is 13.9. The summed E-state index contributed by atoms with van der Waals surface area (Å²) < 4.78 is 15.4. The highest BCUT2D eigenvalue weighted by atomic mass is 32.2. The first-order valence-corrected chi connectivity index (χ1v) is 8.37. The number of hydrogen-bond acceptors (Lipinski definition) is 4. The first-order chi connectivity index (χ1) is 11.1. The Morgan fingerprint density at radius 2 is 2.17 bits per heavy atom. The van der Waals surface area contributed by atoms with Gasteiger partial charge in [0.05, 0.1) is 10.9 Å². The second-order valence-corrected chi connectivity index (χ2v) is 6.47. The molecule has 1 atom stereocenters. The van der Waals surface area contributed by atoms with Crippen LogP contribution in [-0.4, -0.2) is 32.5 Å². The molecule has 0 bridgehead atoms. The molecule has 2 heterocycles. The SMILES string of the molecule is CCCn1c(S[C@@H]2CCN(c3ccccc3F)C2=O)n[nH]c1=O. The van der Waals surface area contributed by atoms with Crippen molar-refractivity contribution in [1.29, 1.82) is 0 Å². The van der Waals surface area contributed by atoms with Crippen LogP contribution in [0.4, 0.5) is 10.1 Å². The predicted molar refractivity (Wildman–Crippen MR) is 86.2 cm³/mol. The van der Waals surface area contributed by atoms with Crippen molar-refractivity contribution in [3.63, 3.8) is 0 Å². The van der Waals surface area contributed by atoms with Gasteiger partial charge in [0.2, 0.25) is 5.91 Å². The van der Waals surface area contributed by atoms with E-state index in [2.05, 4.69) is 10.2 Å². The van der Waals surface area contributed by atoms with E-state index in [0.29, 0.717) is 30.4 Å². The molecule has 1 aromatic heterocycles. The molecule has 6 nitrogen and oxygen atoms in total. The molecule has 122 valence electrons. The van der Waals surface area contributed by atoms with E-state index < -0.39 is 5.82 Å². The average Bonchev–Trinajstić information content (AvgIpc) is 3.06. The number of carbonyl (C=O) groups is 1. The van der Waals surface area contributed by atoms with Crippen LogP contribution in [0.5, 0.6) is 0 Å². The first kappa shape index (κ1) is 15.8. The fraction of sp³-hybridized carbons (Fsp3) is 0.400. The number of thioether (sulfide) groups is 1. The molecule has 1 N–H and O–H groups in total. The average molecular weight is 336 g/mol. The smallest absolute Gasteiger partial charge is 0.309 e. The van der Waals surface area contributed by atoms with Crippen LogP contribution in [0.1, 0.15) is 19.8 Å². The monoisotopic (exact) mass is 336 g/mol. The minimum Gasteiger partial charge on any atom is -0.309 e. The number of amides is 1. The molecule has 0 saturated carbocycles.